The van der Waals surface area contributed by atoms with Gasteiger partial charge in [0.2, 0.25) is 0 Å². The second kappa shape index (κ2) is 9.44. The predicted molar refractivity (Wildman–Crippen MR) is 119 cm³/mol. The molecule has 1 N–H and O–H groups in total. The third-order valence-electron chi connectivity index (χ3n) is 5.84. The number of benzene rings is 2. The molecule has 2 atom stereocenters. The van der Waals surface area contributed by atoms with Gasteiger partial charge in [-0.05, 0) is 50.1 Å². The van der Waals surface area contributed by atoms with Gasteiger partial charge in [0.15, 0.2) is 0 Å². The maximum Gasteiger partial charge on any atom is 0.295 e. The van der Waals surface area contributed by atoms with Gasteiger partial charge in [-0.1, -0.05) is 18.2 Å². The van der Waals surface area contributed by atoms with Crippen molar-refractivity contribution in [3.63, 3.8) is 0 Å². The Morgan fingerprint density at radius 3 is 2.56 bits per heavy atom. The molecule has 168 valence electrons. The van der Waals surface area contributed by atoms with Crippen molar-refractivity contribution in [2.45, 2.75) is 31.9 Å². The average molecular weight is 437 g/mol. The van der Waals surface area contributed by atoms with E-state index in [2.05, 4.69) is 0 Å². The van der Waals surface area contributed by atoms with E-state index in [0.717, 1.165) is 12.8 Å². The largest absolute Gasteiger partial charge is 0.507 e. The Hall–Kier alpha value is -3.32. The Balaban J connectivity index is 1.84. The van der Waals surface area contributed by atoms with E-state index in [1.54, 1.807) is 37.4 Å². The molecule has 2 aliphatic rings. The standard InChI is InChI=1S/C25H27NO6/c1-3-31-20-9-5-4-8-19(20)22-21(23(27)16-10-12-17(30-2)13-11-16)24(28)25(29)26(22)15-18-7-6-14-32-18/h4-5,8-13,18,22,27H,3,6-7,14-15H2,1-2H3/b23-21-. The number of aliphatic hydroxyl groups excluding tert-OH is 1. The van der Waals surface area contributed by atoms with Gasteiger partial charge >= 0.3 is 0 Å². The minimum atomic E-state index is -0.774. The van der Waals surface area contributed by atoms with E-state index in [4.69, 9.17) is 14.2 Å². The van der Waals surface area contributed by atoms with Crippen molar-refractivity contribution < 1.29 is 28.9 Å². The van der Waals surface area contributed by atoms with Gasteiger partial charge in [0.25, 0.3) is 11.7 Å². The second-order valence-electron chi connectivity index (χ2n) is 7.79. The highest BCUT2D eigenvalue weighted by molar-refractivity contribution is 6.46. The Morgan fingerprint density at radius 2 is 1.91 bits per heavy atom. The monoisotopic (exact) mass is 437 g/mol. The lowest BCUT2D eigenvalue weighted by Gasteiger charge is -2.28. The summed E-state index contributed by atoms with van der Waals surface area (Å²) in [5.74, 6) is -0.393. The minimum Gasteiger partial charge on any atom is -0.507 e. The van der Waals surface area contributed by atoms with Gasteiger partial charge in [-0.2, -0.15) is 0 Å². The van der Waals surface area contributed by atoms with E-state index in [9.17, 15) is 14.7 Å². The van der Waals surface area contributed by atoms with E-state index >= 15 is 0 Å². The summed E-state index contributed by atoms with van der Waals surface area (Å²) in [6.07, 6.45) is 1.60. The van der Waals surface area contributed by atoms with Gasteiger partial charge < -0.3 is 24.2 Å². The van der Waals surface area contributed by atoms with Gasteiger partial charge in [0.05, 0.1) is 31.4 Å². The van der Waals surface area contributed by atoms with E-state index in [0.29, 0.717) is 35.8 Å². The number of ether oxygens (including phenoxy) is 3. The fraction of sp³-hybridized carbons (Fsp3) is 0.360. The fourth-order valence-electron chi connectivity index (χ4n) is 4.30. The van der Waals surface area contributed by atoms with Crippen LogP contribution in [0.15, 0.2) is 54.1 Å². The highest BCUT2D eigenvalue weighted by Gasteiger charge is 2.48. The van der Waals surface area contributed by atoms with E-state index in [1.807, 2.05) is 25.1 Å². The lowest BCUT2D eigenvalue weighted by atomic mass is 9.94. The van der Waals surface area contributed by atoms with Crippen molar-refractivity contribution in [1.29, 1.82) is 0 Å². The average Bonchev–Trinajstić information content (AvgIpc) is 3.42. The van der Waals surface area contributed by atoms with Crippen molar-refractivity contribution in [1.82, 2.24) is 4.90 Å². The Kier molecular flexibility index (Phi) is 6.46. The predicted octanol–water partition coefficient (Wildman–Crippen LogP) is 3.69. The lowest BCUT2D eigenvalue weighted by molar-refractivity contribution is -0.140. The molecule has 7 heteroatoms. The molecular formula is C25H27NO6. The molecule has 2 aromatic rings. The number of carbonyl (C=O) groups is 2. The number of para-hydroxylation sites is 1. The molecule has 2 saturated heterocycles. The van der Waals surface area contributed by atoms with Crippen LogP contribution < -0.4 is 9.47 Å². The molecule has 0 aliphatic carbocycles. The zero-order chi connectivity index (χ0) is 22.7. The van der Waals surface area contributed by atoms with Crippen LogP contribution in [0.4, 0.5) is 0 Å². The smallest absolute Gasteiger partial charge is 0.295 e. The molecule has 1 amide bonds. The number of likely N-dealkylation sites (tertiary alicyclic amines) is 1. The molecule has 7 nitrogen and oxygen atoms in total. The molecule has 32 heavy (non-hydrogen) atoms. The molecule has 2 unspecified atom stereocenters. The van der Waals surface area contributed by atoms with Crippen LogP contribution in [0.5, 0.6) is 11.5 Å². The Bertz CT molecular complexity index is 1020. The SMILES string of the molecule is CCOc1ccccc1C1/C(=C(/O)c2ccc(OC)cc2)C(=O)C(=O)N1CC1CCCO1. The summed E-state index contributed by atoms with van der Waals surface area (Å²) in [6, 6.07) is 13.2. The zero-order valence-corrected chi connectivity index (χ0v) is 18.2. The van der Waals surface area contributed by atoms with Gasteiger partial charge in [-0.3, -0.25) is 9.59 Å². The van der Waals surface area contributed by atoms with Crippen LogP contribution in [0.3, 0.4) is 0 Å². The summed E-state index contributed by atoms with van der Waals surface area (Å²) < 4.78 is 16.7. The van der Waals surface area contributed by atoms with Crippen LogP contribution in [0.2, 0.25) is 0 Å². The minimum absolute atomic E-state index is 0.0466. The number of hydrogen-bond acceptors (Lipinski definition) is 6. The molecule has 4 rings (SSSR count). The molecule has 0 saturated carbocycles. The van der Waals surface area contributed by atoms with Gasteiger partial charge in [-0.25, -0.2) is 0 Å². The third kappa shape index (κ3) is 4.08. The summed E-state index contributed by atoms with van der Waals surface area (Å²) in [5, 5.41) is 11.2. The number of rotatable bonds is 7. The Labute approximate surface area is 187 Å². The molecule has 2 aliphatic heterocycles. The molecule has 2 heterocycles. The van der Waals surface area contributed by atoms with Crippen molar-refractivity contribution in [2.24, 2.45) is 0 Å². The first-order valence-corrected chi connectivity index (χ1v) is 10.8. The molecule has 0 radical (unpaired) electrons. The van der Waals surface area contributed by atoms with E-state index < -0.39 is 17.7 Å². The first-order valence-electron chi connectivity index (χ1n) is 10.8. The molecule has 2 fully saturated rings. The maximum atomic E-state index is 13.2. The molecule has 0 aromatic heterocycles. The number of nitrogens with zero attached hydrogens (tertiary/aromatic N) is 1. The highest BCUT2D eigenvalue weighted by Crippen LogP contribution is 2.43. The highest BCUT2D eigenvalue weighted by atomic mass is 16.5. The fourth-order valence-corrected chi connectivity index (χ4v) is 4.30. The molecule has 2 aromatic carbocycles. The van der Waals surface area contributed by atoms with Crippen LogP contribution in [0.25, 0.3) is 5.76 Å². The number of methoxy groups -OCH3 is 1. The molecule has 0 spiro atoms. The van der Waals surface area contributed by atoms with Crippen LogP contribution in [0.1, 0.15) is 36.9 Å². The van der Waals surface area contributed by atoms with Gasteiger partial charge in [-0.15, -0.1) is 0 Å². The number of aliphatic hydroxyl groups is 1. The summed E-state index contributed by atoms with van der Waals surface area (Å²) in [6.45, 7) is 3.22. The number of Topliss-reactive ketones (excluding diaryl/α,β-unsaturated/α-hetero) is 1. The topological polar surface area (TPSA) is 85.3 Å². The van der Waals surface area contributed by atoms with Crippen LogP contribution >= 0.6 is 0 Å². The maximum absolute atomic E-state index is 13.2. The zero-order valence-electron chi connectivity index (χ0n) is 18.2. The molecule has 0 bridgehead atoms. The second-order valence-corrected chi connectivity index (χ2v) is 7.79. The number of carbonyl (C=O) groups excluding carboxylic acids is 2. The summed E-state index contributed by atoms with van der Waals surface area (Å²) in [5.41, 5.74) is 1.13. The summed E-state index contributed by atoms with van der Waals surface area (Å²) in [4.78, 5) is 27.8. The van der Waals surface area contributed by atoms with Crippen molar-refractivity contribution in [2.75, 3.05) is 26.9 Å². The van der Waals surface area contributed by atoms with Gasteiger partial charge in [0.1, 0.15) is 17.3 Å². The Morgan fingerprint density at radius 1 is 1.16 bits per heavy atom. The van der Waals surface area contributed by atoms with E-state index in [1.165, 1.54) is 4.90 Å². The number of ketones is 1. The molecular weight excluding hydrogens is 410 g/mol. The summed E-state index contributed by atoms with van der Waals surface area (Å²) >= 11 is 0. The van der Waals surface area contributed by atoms with Crippen LogP contribution in [-0.2, 0) is 14.3 Å². The third-order valence-corrected chi connectivity index (χ3v) is 5.84. The summed E-state index contributed by atoms with van der Waals surface area (Å²) in [7, 11) is 1.55. The number of hydrogen-bond donors (Lipinski definition) is 1. The van der Waals surface area contributed by atoms with Crippen molar-refractivity contribution in [3.05, 3.63) is 65.2 Å². The first kappa shape index (κ1) is 21.9. The normalized spacial score (nSPS) is 22.4. The number of amides is 1. The van der Waals surface area contributed by atoms with E-state index in [-0.39, 0.29) is 24.0 Å². The van der Waals surface area contributed by atoms with Gasteiger partial charge in [0, 0.05) is 24.3 Å². The van der Waals surface area contributed by atoms with Crippen LogP contribution in [0, 0.1) is 0 Å². The van der Waals surface area contributed by atoms with Crippen molar-refractivity contribution in [3.8, 4) is 11.5 Å². The lowest BCUT2D eigenvalue weighted by Crippen LogP contribution is -2.36. The quantitative estimate of drug-likeness (QED) is 0.404. The van der Waals surface area contributed by atoms with Crippen LogP contribution in [-0.4, -0.2) is 54.7 Å². The first-order chi connectivity index (χ1) is 15.5. The van der Waals surface area contributed by atoms with Crippen molar-refractivity contribution >= 4 is 17.4 Å².